The zero-order chi connectivity index (χ0) is 14.6. The number of nitrogens with zero attached hydrogens (tertiary/aromatic N) is 1. The largest absolute Gasteiger partial charge is 0.316 e. The molecule has 2 nitrogen and oxygen atoms in total. The van der Waals surface area contributed by atoms with Gasteiger partial charge in [-0.15, -0.1) is 0 Å². The molecule has 118 valence electrons. The van der Waals surface area contributed by atoms with Crippen molar-refractivity contribution in [2.24, 2.45) is 16.7 Å². The number of hydrogen-bond donors (Lipinski definition) is 1. The van der Waals surface area contributed by atoms with Crippen LogP contribution < -0.4 is 5.32 Å². The van der Waals surface area contributed by atoms with Crippen LogP contribution in [0.15, 0.2) is 0 Å². The molecule has 0 bridgehead atoms. The standard InChI is InChI=1S/C18H36N2/c1-5-19-13-18(10-6-8-16(2)12-18)15-20-11-7-9-17(3,4)14-20/h16,19H,5-15H2,1-4H3. The van der Waals surface area contributed by atoms with E-state index < -0.39 is 0 Å². The molecule has 1 aliphatic heterocycles. The summed E-state index contributed by atoms with van der Waals surface area (Å²) in [4.78, 5) is 2.78. The third kappa shape index (κ3) is 4.46. The van der Waals surface area contributed by atoms with Gasteiger partial charge in [0.1, 0.15) is 0 Å². The third-order valence-corrected chi connectivity index (χ3v) is 5.47. The Balaban J connectivity index is 1.99. The summed E-state index contributed by atoms with van der Waals surface area (Å²) < 4.78 is 0. The Morgan fingerprint density at radius 1 is 1.20 bits per heavy atom. The van der Waals surface area contributed by atoms with E-state index in [2.05, 4.69) is 37.9 Å². The van der Waals surface area contributed by atoms with Crippen molar-refractivity contribution in [3.63, 3.8) is 0 Å². The summed E-state index contributed by atoms with van der Waals surface area (Å²) in [5.74, 6) is 0.917. The quantitative estimate of drug-likeness (QED) is 0.821. The fraction of sp³-hybridized carbons (Fsp3) is 1.00. The lowest BCUT2D eigenvalue weighted by Gasteiger charge is -2.47. The summed E-state index contributed by atoms with van der Waals surface area (Å²) in [7, 11) is 0. The first-order valence-electron chi connectivity index (χ1n) is 8.88. The second kappa shape index (κ2) is 6.79. The Kier molecular flexibility index (Phi) is 5.53. The average molecular weight is 280 g/mol. The van der Waals surface area contributed by atoms with E-state index in [1.54, 1.807) is 0 Å². The van der Waals surface area contributed by atoms with Crippen molar-refractivity contribution in [3.8, 4) is 0 Å². The first-order chi connectivity index (χ1) is 9.45. The van der Waals surface area contributed by atoms with E-state index in [-0.39, 0.29) is 0 Å². The average Bonchev–Trinajstić information content (AvgIpc) is 2.35. The maximum atomic E-state index is 3.66. The van der Waals surface area contributed by atoms with Gasteiger partial charge in [0.2, 0.25) is 0 Å². The van der Waals surface area contributed by atoms with Gasteiger partial charge in [0.25, 0.3) is 0 Å². The lowest BCUT2D eigenvalue weighted by molar-refractivity contribution is 0.0378. The topological polar surface area (TPSA) is 15.3 Å². The molecule has 0 radical (unpaired) electrons. The van der Waals surface area contributed by atoms with Gasteiger partial charge >= 0.3 is 0 Å². The Morgan fingerprint density at radius 2 is 2.00 bits per heavy atom. The van der Waals surface area contributed by atoms with Crippen molar-refractivity contribution in [1.82, 2.24) is 10.2 Å². The van der Waals surface area contributed by atoms with Gasteiger partial charge in [-0.25, -0.2) is 0 Å². The lowest BCUT2D eigenvalue weighted by Crippen LogP contribution is -2.50. The second-order valence-electron chi connectivity index (χ2n) is 8.46. The molecule has 0 amide bonds. The lowest BCUT2D eigenvalue weighted by atomic mass is 9.69. The molecule has 1 heterocycles. The normalized spacial score (nSPS) is 35.1. The van der Waals surface area contributed by atoms with Crippen molar-refractivity contribution in [2.45, 2.75) is 66.2 Å². The summed E-state index contributed by atoms with van der Waals surface area (Å²) in [5, 5.41) is 3.66. The Hall–Kier alpha value is -0.0800. The molecule has 0 aromatic rings. The predicted molar refractivity (Wildman–Crippen MR) is 88.1 cm³/mol. The van der Waals surface area contributed by atoms with E-state index in [0.29, 0.717) is 10.8 Å². The predicted octanol–water partition coefficient (Wildman–Crippen LogP) is 3.91. The minimum absolute atomic E-state index is 0.526. The van der Waals surface area contributed by atoms with Gasteiger partial charge < -0.3 is 10.2 Å². The van der Waals surface area contributed by atoms with Crippen LogP contribution in [0.2, 0.25) is 0 Å². The first kappa shape index (κ1) is 16.3. The van der Waals surface area contributed by atoms with Crippen molar-refractivity contribution in [1.29, 1.82) is 0 Å². The van der Waals surface area contributed by atoms with Gasteiger partial charge in [-0.1, -0.05) is 40.5 Å². The molecule has 2 aliphatic rings. The van der Waals surface area contributed by atoms with E-state index in [4.69, 9.17) is 0 Å². The highest BCUT2D eigenvalue weighted by Gasteiger charge is 2.38. The van der Waals surface area contributed by atoms with E-state index in [0.717, 1.165) is 12.5 Å². The molecule has 2 atom stereocenters. The monoisotopic (exact) mass is 280 g/mol. The molecule has 2 rings (SSSR count). The van der Waals surface area contributed by atoms with Crippen molar-refractivity contribution in [3.05, 3.63) is 0 Å². The van der Waals surface area contributed by atoms with E-state index in [1.165, 1.54) is 64.7 Å². The smallest absolute Gasteiger partial charge is 0.00505 e. The first-order valence-corrected chi connectivity index (χ1v) is 8.88. The molecule has 1 saturated carbocycles. The maximum absolute atomic E-state index is 3.66. The molecule has 1 aliphatic carbocycles. The van der Waals surface area contributed by atoms with Crippen molar-refractivity contribution >= 4 is 0 Å². The molecule has 2 heteroatoms. The Labute approximate surface area is 126 Å². The SMILES string of the molecule is CCNCC1(CN2CCCC(C)(C)C2)CCCC(C)C1. The molecule has 1 saturated heterocycles. The molecule has 0 spiro atoms. The Bertz CT molecular complexity index is 300. The number of likely N-dealkylation sites (tertiary alicyclic amines) is 1. The number of nitrogens with one attached hydrogen (secondary N) is 1. The van der Waals surface area contributed by atoms with Crippen LogP contribution in [0.3, 0.4) is 0 Å². The van der Waals surface area contributed by atoms with Gasteiger partial charge in [0.05, 0.1) is 0 Å². The van der Waals surface area contributed by atoms with Gasteiger partial charge in [-0.05, 0) is 55.5 Å². The molecule has 2 unspecified atom stereocenters. The minimum atomic E-state index is 0.526. The third-order valence-electron chi connectivity index (χ3n) is 5.47. The molecule has 1 N–H and O–H groups in total. The van der Waals surface area contributed by atoms with Gasteiger partial charge in [0, 0.05) is 19.6 Å². The molecular weight excluding hydrogens is 244 g/mol. The second-order valence-corrected chi connectivity index (χ2v) is 8.46. The van der Waals surface area contributed by atoms with Crippen LogP contribution >= 0.6 is 0 Å². The summed E-state index contributed by atoms with van der Waals surface area (Å²) in [6.07, 6.45) is 8.53. The molecule has 0 aromatic heterocycles. The van der Waals surface area contributed by atoms with E-state index in [1.807, 2.05) is 0 Å². The van der Waals surface area contributed by atoms with E-state index in [9.17, 15) is 0 Å². The van der Waals surface area contributed by atoms with Crippen LogP contribution in [0, 0.1) is 16.7 Å². The van der Waals surface area contributed by atoms with E-state index >= 15 is 0 Å². The summed E-state index contributed by atoms with van der Waals surface area (Å²) >= 11 is 0. The Morgan fingerprint density at radius 3 is 2.65 bits per heavy atom. The molecular formula is C18H36N2. The van der Waals surface area contributed by atoms with Crippen molar-refractivity contribution < 1.29 is 0 Å². The fourth-order valence-electron chi connectivity index (χ4n) is 4.67. The molecule has 20 heavy (non-hydrogen) atoms. The van der Waals surface area contributed by atoms with Crippen molar-refractivity contribution in [2.75, 3.05) is 32.7 Å². The fourth-order valence-corrected chi connectivity index (χ4v) is 4.67. The summed E-state index contributed by atoms with van der Waals surface area (Å²) in [6, 6.07) is 0. The van der Waals surface area contributed by atoms with Crippen LogP contribution in [0.4, 0.5) is 0 Å². The van der Waals surface area contributed by atoms with Crippen LogP contribution in [0.25, 0.3) is 0 Å². The summed E-state index contributed by atoms with van der Waals surface area (Å²) in [6.45, 7) is 15.9. The maximum Gasteiger partial charge on any atom is 0.00505 e. The minimum Gasteiger partial charge on any atom is -0.316 e. The molecule has 0 aromatic carbocycles. The highest BCUT2D eigenvalue weighted by molar-refractivity contribution is 4.92. The zero-order valence-electron chi connectivity index (χ0n) is 14.3. The van der Waals surface area contributed by atoms with Crippen LogP contribution in [-0.4, -0.2) is 37.6 Å². The number of piperidine rings is 1. The van der Waals surface area contributed by atoms with Gasteiger partial charge in [-0.3, -0.25) is 0 Å². The van der Waals surface area contributed by atoms with Crippen LogP contribution in [0.5, 0.6) is 0 Å². The summed E-state index contributed by atoms with van der Waals surface area (Å²) in [5.41, 5.74) is 1.07. The van der Waals surface area contributed by atoms with Crippen LogP contribution in [-0.2, 0) is 0 Å². The number of hydrogen-bond acceptors (Lipinski definition) is 2. The van der Waals surface area contributed by atoms with Crippen LogP contribution in [0.1, 0.15) is 66.2 Å². The zero-order valence-corrected chi connectivity index (χ0v) is 14.3. The highest BCUT2D eigenvalue weighted by Crippen LogP contribution is 2.41. The van der Waals surface area contributed by atoms with Gasteiger partial charge in [-0.2, -0.15) is 0 Å². The number of rotatable bonds is 5. The van der Waals surface area contributed by atoms with Gasteiger partial charge in [0.15, 0.2) is 0 Å². The molecule has 2 fully saturated rings. The highest BCUT2D eigenvalue weighted by atomic mass is 15.1.